The number of para-hydroxylation sites is 1. The Kier molecular flexibility index (Phi) is 22.9. The smallest absolute Gasteiger partial charge is 0.338 e. The summed E-state index contributed by atoms with van der Waals surface area (Å²) in [5, 5.41) is 27.5. The minimum Gasteiger partial charge on any atom is -0.462 e. The first-order valence-corrected chi connectivity index (χ1v) is 28.1. The fraction of sp³-hybridized carbons (Fsp3) is 0.492. The van der Waals surface area contributed by atoms with E-state index in [1.165, 1.54) is 33.0 Å². The minimum absolute atomic E-state index is 0.122. The molecule has 7 amide bonds. The summed E-state index contributed by atoms with van der Waals surface area (Å²) < 4.78 is 13.5. The zero-order valence-corrected chi connectivity index (χ0v) is 50.0. The molecular weight excluding hydrogens is 1040 g/mol. The topological polar surface area (TPSA) is 247 Å². The van der Waals surface area contributed by atoms with Gasteiger partial charge < -0.3 is 55.5 Å². The van der Waals surface area contributed by atoms with E-state index in [1.54, 1.807) is 119 Å². The van der Waals surface area contributed by atoms with Crippen LogP contribution >= 0.6 is 0 Å². The number of nitrogens with zero attached hydrogens (tertiary/aromatic N) is 3. The van der Waals surface area contributed by atoms with E-state index in [2.05, 4.69) is 33.2 Å². The highest BCUT2D eigenvalue weighted by Crippen LogP contribution is 2.34. The Bertz CT molecular complexity index is 2940. The molecule has 11 atom stereocenters. The number of benzene rings is 3. The number of likely N-dealkylation sites (N-methyl/N-ethyl adjacent to an activating group) is 2. The number of aliphatic hydroxyl groups excluding tert-OH is 1. The first-order chi connectivity index (χ1) is 38.6. The summed E-state index contributed by atoms with van der Waals surface area (Å²) >= 11 is 0. The predicted molar refractivity (Wildman–Crippen MR) is 314 cm³/mol. The number of methoxy groups -OCH3 is 1. The summed E-state index contributed by atoms with van der Waals surface area (Å²) in [6, 6.07) is 14.0. The second-order valence-electron chi connectivity index (χ2n) is 23.2. The van der Waals surface area contributed by atoms with Gasteiger partial charge in [0, 0.05) is 49.8 Å². The molecule has 1 fully saturated rings. The standard InChI is InChI=1S/C63H86N8O11/c1-16-63(11,12)71-34-45(44-29-23-24-30-46(44)71)53(72)51-61(79)70(14)48(33-39(8)35-82-62(80)43-27-21-18-22-28-43)56(74)64-41(10)55(73)68-52(54(81-15)42-25-19-17-20-26-42)59(77)65-49(38(6)7)60(78)69(13)47(32-37(4)5)57(75)66-50(58(76)67-51)40(9)31-36(2)3/h16-31,34,37-41,47-54,72H,1,32-33,35H2,2-15H3,(H,64,74)(H,65,77)(H,66,75)(H,67,76)(H,68,73)/t39-,40-,41+,47+,48+,49+,50+,51+,52+,53-,54-/m1/s1. The maximum absolute atomic E-state index is 15.7. The molecule has 19 nitrogen and oxygen atoms in total. The van der Waals surface area contributed by atoms with E-state index >= 15 is 19.2 Å². The second-order valence-corrected chi connectivity index (χ2v) is 23.2. The van der Waals surface area contributed by atoms with Crippen LogP contribution in [-0.2, 0) is 48.6 Å². The van der Waals surface area contributed by atoms with Gasteiger partial charge >= 0.3 is 5.97 Å². The molecule has 2 heterocycles. The normalized spacial score (nSPS) is 22.9. The summed E-state index contributed by atoms with van der Waals surface area (Å²) in [6.45, 7) is 23.3. The van der Waals surface area contributed by atoms with Gasteiger partial charge in [-0.05, 0) is 89.0 Å². The molecule has 3 aromatic carbocycles. The molecule has 4 aromatic rings. The first kappa shape index (κ1) is 65.2. The van der Waals surface area contributed by atoms with Crippen molar-refractivity contribution in [2.45, 2.75) is 149 Å². The van der Waals surface area contributed by atoms with Crippen molar-refractivity contribution in [1.29, 1.82) is 0 Å². The van der Waals surface area contributed by atoms with Gasteiger partial charge in [-0.15, -0.1) is 6.58 Å². The van der Waals surface area contributed by atoms with Crippen molar-refractivity contribution in [3.8, 4) is 0 Å². The van der Waals surface area contributed by atoms with Crippen molar-refractivity contribution in [3.63, 3.8) is 0 Å². The molecule has 1 aromatic heterocycles. The lowest BCUT2D eigenvalue weighted by Gasteiger charge is -2.36. The molecule has 0 aliphatic carbocycles. The van der Waals surface area contributed by atoms with Crippen molar-refractivity contribution in [3.05, 3.63) is 132 Å². The quantitative estimate of drug-likeness (QED) is 0.0507. The Morgan fingerprint density at radius 3 is 1.77 bits per heavy atom. The van der Waals surface area contributed by atoms with E-state index in [0.29, 0.717) is 22.0 Å². The van der Waals surface area contributed by atoms with Crippen LogP contribution in [0.3, 0.4) is 0 Å². The molecular formula is C63H86N8O11. The molecule has 0 unspecified atom stereocenters. The van der Waals surface area contributed by atoms with Crippen LogP contribution in [-0.4, -0.2) is 137 Å². The Morgan fingerprint density at radius 2 is 1.20 bits per heavy atom. The fourth-order valence-corrected chi connectivity index (χ4v) is 10.2. The number of aliphatic hydroxyl groups is 1. The van der Waals surface area contributed by atoms with Gasteiger partial charge in [-0.3, -0.25) is 33.6 Å². The van der Waals surface area contributed by atoms with E-state index < -0.39 is 125 Å². The van der Waals surface area contributed by atoms with Gasteiger partial charge in [0.2, 0.25) is 41.4 Å². The predicted octanol–water partition coefficient (Wildman–Crippen LogP) is 6.28. The number of carbonyl (C=O) groups is 8. The number of esters is 1. The summed E-state index contributed by atoms with van der Waals surface area (Å²) in [6.07, 6.45) is 2.19. The Hall–Kier alpha value is -7.64. The third-order valence-corrected chi connectivity index (χ3v) is 15.1. The molecule has 82 heavy (non-hydrogen) atoms. The Balaban J connectivity index is 1.75. The Labute approximate surface area is 483 Å². The van der Waals surface area contributed by atoms with Gasteiger partial charge in [0.15, 0.2) is 0 Å². The minimum atomic E-state index is -1.86. The molecule has 0 radical (unpaired) electrons. The lowest BCUT2D eigenvalue weighted by molar-refractivity contribution is -0.146. The van der Waals surface area contributed by atoms with E-state index in [-0.39, 0.29) is 30.9 Å². The van der Waals surface area contributed by atoms with Crippen molar-refractivity contribution in [2.75, 3.05) is 27.8 Å². The molecule has 0 bridgehead atoms. The van der Waals surface area contributed by atoms with Crippen LogP contribution in [0.15, 0.2) is 115 Å². The summed E-state index contributed by atoms with van der Waals surface area (Å²) in [4.78, 5) is 121. The average molecular weight is 1130 g/mol. The molecule has 19 heteroatoms. The van der Waals surface area contributed by atoms with Gasteiger partial charge in [0.05, 0.1) is 17.7 Å². The summed E-state index contributed by atoms with van der Waals surface area (Å²) in [5.41, 5.74) is 1.79. The molecule has 6 N–H and O–H groups in total. The van der Waals surface area contributed by atoms with Crippen molar-refractivity contribution >= 4 is 58.2 Å². The summed E-state index contributed by atoms with van der Waals surface area (Å²) in [5.74, 6) is -8.42. The van der Waals surface area contributed by atoms with Gasteiger partial charge in [-0.1, -0.05) is 126 Å². The lowest BCUT2D eigenvalue weighted by atomic mass is 9.94. The number of fused-ring (bicyclic) bond motifs is 1. The van der Waals surface area contributed by atoms with Crippen molar-refractivity contribution in [1.82, 2.24) is 41.0 Å². The van der Waals surface area contributed by atoms with Crippen LogP contribution < -0.4 is 26.6 Å². The van der Waals surface area contributed by atoms with Crippen molar-refractivity contribution < 1.29 is 52.9 Å². The fourth-order valence-electron chi connectivity index (χ4n) is 10.2. The van der Waals surface area contributed by atoms with Gasteiger partial charge in [0.25, 0.3) is 0 Å². The van der Waals surface area contributed by atoms with Gasteiger partial charge in [-0.25, -0.2) is 4.79 Å². The second kappa shape index (κ2) is 28.9. The molecule has 1 aliphatic heterocycles. The highest BCUT2D eigenvalue weighted by Gasteiger charge is 2.44. The monoisotopic (exact) mass is 1130 g/mol. The van der Waals surface area contributed by atoms with Crippen LogP contribution in [0, 0.1) is 23.7 Å². The van der Waals surface area contributed by atoms with Crippen LogP contribution in [0.2, 0.25) is 0 Å². The molecule has 444 valence electrons. The third kappa shape index (κ3) is 16.1. The molecule has 5 rings (SSSR count). The first-order valence-electron chi connectivity index (χ1n) is 28.1. The van der Waals surface area contributed by atoms with Gasteiger partial charge in [0.1, 0.15) is 54.5 Å². The zero-order chi connectivity index (χ0) is 60.9. The van der Waals surface area contributed by atoms with E-state index in [4.69, 9.17) is 9.47 Å². The van der Waals surface area contributed by atoms with Crippen LogP contribution in [0.4, 0.5) is 0 Å². The van der Waals surface area contributed by atoms with E-state index in [0.717, 1.165) is 10.5 Å². The zero-order valence-electron chi connectivity index (χ0n) is 50.0. The number of allylic oxidation sites excluding steroid dienone is 2. The van der Waals surface area contributed by atoms with E-state index in [9.17, 15) is 24.3 Å². The number of nitrogens with one attached hydrogen (secondary N) is 5. The molecule has 0 spiro atoms. The number of hydrogen-bond donors (Lipinski definition) is 6. The summed E-state index contributed by atoms with van der Waals surface area (Å²) in [7, 11) is 4.14. The number of carbonyl (C=O) groups excluding carboxylic acids is 8. The van der Waals surface area contributed by atoms with Crippen LogP contribution in [0.5, 0.6) is 0 Å². The lowest BCUT2D eigenvalue weighted by Crippen LogP contribution is -2.62. The molecule has 1 saturated heterocycles. The number of aromatic nitrogens is 1. The number of ether oxygens (including phenoxy) is 2. The largest absolute Gasteiger partial charge is 0.462 e. The van der Waals surface area contributed by atoms with Crippen LogP contribution in [0.1, 0.15) is 123 Å². The number of rotatable bonds is 17. The third-order valence-electron chi connectivity index (χ3n) is 15.1. The highest BCUT2D eigenvalue weighted by molar-refractivity contribution is 5.99. The SMILES string of the molecule is C=CC(C)(C)n1cc([C@@H](O)[C@@H]2NC(=O)[C@H]([C@H](C)C=C(C)C)NC(=O)[C@H](CC(C)C)N(C)C(=O)[C@H](C(C)C)NC(=O)[C@H]([C@H](OC)c3ccccc3)NC(=O)[C@H](C)NC(=O)[C@H](C[C@@H](C)COC(=O)c3ccccc3)N(C)C2=O)c2ccccc21. The average Bonchev–Trinajstić information content (AvgIpc) is 3.46. The maximum atomic E-state index is 15.7. The van der Waals surface area contributed by atoms with Crippen molar-refractivity contribution in [2.24, 2.45) is 23.7 Å². The number of amides is 7. The maximum Gasteiger partial charge on any atom is 0.338 e. The molecule has 1 aliphatic rings. The number of hydrogen-bond acceptors (Lipinski definition) is 11. The van der Waals surface area contributed by atoms with Crippen LogP contribution in [0.25, 0.3) is 10.9 Å². The van der Waals surface area contributed by atoms with Gasteiger partial charge in [-0.2, -0.15) is 0 Å². The molecule has 0 saturated carbocycles. The van der Waals surface area contributed by atoms with E-state index in [1.807, 2.05) is 58.2 Å². The highest BCUT2D eigenvalue weighted by atomic mass is 16.5. The Morgan fingerprint density at radius 1 is 0.683 bits per heavy atom.